The molecule has 0 spiro atoms. The number of guanidine groups is 2. The second-order valence-corrected chi connectivity index (χ2v) is 29.4. The number of amides is 7. The van der Waals surface area contributed by atoms with E-state index in [0.717, 1.165) is 60.8 Å². The highest BCUT2D eigenvalue weighted by atomic mass is 19.1. The number of nitro groups is 2. The number of para-hydroxylation sites is 2. The number of H-pyrrole nitrogens is 2. The molecule has 0 saturated heterocycles. The molecule has 19 N–H and O–H groups in total. The van der Waals surface area contributed by atoms with Crippen LogP contribution in [-0.2, 0) is 99.7 Å². The number of fused-ring (bicyclic) bond motifs is 2. The lowest BCUT2D eigenvalue weighted by atomic mass is 10.0. The van der Waals surface area contributed by atoms with Crippen LogP contribution < -0.4 is 74.5 Å². The molecule has 7 amide bonds. The highest BCUT2D eigenvalue weighted by Gasteiger charge is 2.33. The van der Waals surface area contributed by atoms with Crippen LogP contribution in [0.5, 0.6) is 11.5 Å². The Hall–Kier alpha value is -15.2. The first-order valence-corrected chi connectivity index (χ1v) is 40.6. The van der Waals surface area contributed by atoms with Crippen LogP contribution in [0.15, 0.2) is 241 Å². The average molecular weight is 1750 g/mol. The summed E-state index contributed by atoms with van der Waals surface area (Å²) in [5.74, 6) is -4.84. The molecule has 127 heavy (non-hydrogen) atoms. The molecule has 10 aromatic rings. The van der Waals surface area contributed by atoms with Crippen molar-refractivity contribution in [2.24, 2.45) is 21.7 Å². The van der Waals surface area contributed by atoms with Crippen LogP contribution in [0.4, 0.5) is 4.39 Å². The smallest absolute Gasteiger partial charge is 0.326 e. The predicted molar refractivity (Wildman–Crippen MR) is 475 cm³/mol. The molecule has 0 fully saturated rings. The Balaban J connectivity index is 0.000000288. The van der Waals surface area contributed by atoms with Crippen LogP contribution in [0.1, 0.15) is 99.3 Å². The van der Waals surface area contributed by atoms with Crippen molar-refractivity contribution in [3.63, 3.8) is 0 Å². The first-order chi connectivity index (χ1) is 61.4. The molecule has 8 aromatic carbocycles. The van der Waals surface area contributed by atoms with E-state index < -0.39 is 113 Å². The van der Waals surface area contributed by atoms with Gasteiger partial charge in [-0.1, -0.05) is 182 Å². The van der Waals surface area contributed by atoms with Gasteiger partial charge in [-0.3, -0.25) is 47.5 Å². The van der Waals surface area contributed by atoms with Gasteiger partial charge >= 0.3 is 5.97 Å². The topological polar surface area (TPSA) is 540 Å². The number of halogens is 1. The number of nitrogens with one attached hydrogen (secondary N) is 11. The number of carboxylic acid groups (broad SMARTS) is 1. The van der Waals surface area contributed by atoms with Crippen molar-refractivity contribution < 1.29 is 84.1 Å². The van der Waals surface area contributed by atoms with Crippen LogP contribution in [0.3, 0.4) is 0 Å². The maximum atomic E-state index is 14.3. The number of aromatic nitrogens is 2. The minimum atomic E-state index is -1.23. The highest BCUT2D eigenvalue weighted by Crippen LogP contribution is 2.23. The molecule has 1 unspecified atom stereocenters. The van der Waals surface area contributed by atoms with Crippen LogP contribution in [0.25, 0.3) is 21.8 Å². The van der Waals surface area contributed by atoms with Gasteiger partial charge in [0, 0.05) is 99.7 Å². The highest BCUT2D eigenvalue weighted by molar-refractivity contribution is 5.97. The molecule has 0 aliphatic carbocycles. The van der Waals surface area contributed by atoms with Gasteiger partial charge in [-0.2, -0.15) is 0 Å². The van der Waals surface area contributed by atoms with Gasteiger partial charge in [0.2, 0.25) is 35.4 Å². The zero-order chi connectivity index (χ0) is 92.9. The van der Waals surface area contributed by atoms with Crippen molar-refractivity contribution in [2.45, 2.75) is 153 Å². The van der Waals surface area contributed by atoms with E-state index in [0.29, 0.717) is 43.1 Å². The second kappa shape index (κ2) is 52.3. The molecule has 8 atom stereocenters. The monoisotopic (exact) mass is 1740 g/mol. The standard InChI is InChI=1S/C45H51N9O8.C27H34N8O5.C18H19NO4.CH3F/c1-29(55)39(26-34-27-48-37-17-10-9-16-36(34)37)51-42(57)38(18-11-23-47-45(46)53-54(60)61)50-44(59)41(24-31-12-5-3-6-13-31)52-43(58)40(49-30(2)56)25-32-19-21-35(22-20-32)62-28-33-14-7-4-8-15-33;1-17(36)24(15-19-16-31-22-11-6-5-10-20(19)22)33-26(38)23(12-7-13-30-27(29)34-35(39)40)32-25(37)21(28)14-18-8-3-2-4-9-18;1-13(20)19-17(18(21)22)11-14-7-9-16(10-8-14)23-12-15-5-3-2-4-6-15;1-2/h3-10,12-17,19-22,27,38-41,48H,11,18,23-26,28H2,1-2H3,(H,49,56)(H,50,59)(H,51,57)(H,52,58)(H3,46,47,53);2-6,8-11,16,21,23-24,31H,7,12-15,28H2,1H3,(H,32,37)(H,33,38)(H3,29,30,34);2-10,17H,11-12H2,1H3,(H,19,20)(H,21,22);1H3/p+1/t38-,39-,40-,41+;21-,23+,24+;;/m01../s1/i;;;1D. The third-order valence-electron chi connectivity index (χ3n) is 19.6. The number of Topliss-reactive ketones (excluding diaryl/α,β-unsaturated/α-hetero) is 2. The summed E-state index contributed by atoms with van der Waals surface area (Å²) in [7, 11) is -1.00. The van der Waals surface area contributed by atoms with Crippen LogP contribution >= 0.6 is 0 Å². The van der Waals surface area contributed by atoms with E-state index in [1.807, 2.05) is 146 Å². The van der Waals surface area contributed by atoms with Crippen molar-refractivity contribution in [1.82, 2.24) is 57.8 Å². The Bertz CT molecular complexity index is 5350. The van der Waals surface area contributed by atoms with Crippen LogP contribution in [0, 0.1) is 20.2 Å². The molecule has 0 saturated carbocycles. The summed E-state index contributed by atoms with van der Waals surface area (Å²) in [6, 6.07) is 59.5. The van der Waals surface area contributed by atoms with Crippen molar-refractivity contribution >= 4 is 92.6 Å². The molecule has 36 heteroatoms. The Morgan fingerprint density at radius 3 is 1.10 bits per heavy atom. The fourth-order valence-electron chi connectivity index (χ4n) is 13.2. The first kappa shape index (κ1) is 97.2. The number of nitrogens with two attached hydrogens (primary N) is 2. The van der Waals surface area contributed by atoms with Gasteiger partial charge in [-0.05, 0) is 120 Å². The molecule has 2 heterocycles. The molecule has 0 radical (unpaired) electrons. The lowest BCUT2D eigenvalue weighted by Gasteiger charge is -2.26. The number of hydrogen-bond acceptors (Lipinski definition) is 16. The van der Waals surface area contributed by atoms with E-state index in [9.17, 15) is 72.6 Å². The summed E-state index contributed by atoms with van der Waals surface area (Å²) in [5.41, 5.74) is 23.7. The fraction of sp³-hybridized carbons (Fsp3) is 0.297. The van der Waals surface area contributed by atoms with Crippen molar-refractivity contribution in [2.75, 3.05) is 20.2 Å². The number of carbonyl (C=O) groups excluding carboxylic acids is 9. The quantitative estimate of drug-likeness (QED) is 0.00666. The van der Waals surface area contributed by atoms with Gasteiger partial charge in [0.05, 0.1) is 20.6 Å². The summed E-state index contributed by atoms with van der Waals surface area (Å²) < 4.78 is 27.1. The number of benzene rings is 8. The number of aromatic amines is 2. The number of hydrogen-bond donors (Lipinski definition) is 15. The average Bonchev–Trinajstić information content (AvgIpc) is 1.68. The molecule has 0 aliphatic rings. The van der Waals surface area contributed by atoms with Gasteiger partial charge in [0.1, 0.15) is 65.1 Å². The van der Waals surface area contributed by atoms with Gasteiger partial charge in [0.25, 0.3) is 17.8 Å². The van der Waals surface area contributed by atoms with Crippen molar-refractivity contribution in [3.05, 3.63) is 296 Å². The normalized spacial score (nSPS) is 13.0. The Labute approximate surface area is 733 Å². The van der Waals surface area contributed by atoms with Gasteiger partial charge < -0.3 is 89.6 Å². The number of carbonyl (C=O) groups is 10. The maximum absolute atomic E-state index is 14.3. The van der Waals surface area contributed by atoms with Crippen LogP contribution in [-0.4, -0.2) is 165 Å². The van der Waals surface area contributed by atoms with E-state index in [1.54, 1.807) is 85.1 Å². The Morgan fingerprint density at radius 2 is 0.732 bits per heavy atom. The summed E-state index contributed by atoms with van der Waals surface area (Å²) >= 11 is 0. The number of ether oxygens (including phenoxy) is 2. The number of ketones is 2. The number of nitrogens with zero attached hydrogens (tertiary/aromatic N) is 4. The number of carboxylic acids is 1. The molecule has 0 aliphatic heterocycles. The number of aliphatic carboxylic acids is 1. The van der Waals surface area contributed by atoms with E-state index >= 15 is 0 Å². The lowest BCUT2D eigenvalue weighted by Crippen LogP contribution is -2.70. The van der Waals surface area contributed by atoms with Gasteiger partial charge in [0.15, 0.2) is 27.7 Å². The zero-order valence-electron chi connectivity index (χ0n) is 71.7. The number of quaternary nitrogens is 1. The molecular formula is C91H108FN18O17+. The molecule has 35 nitrogen and oxygen atoms in total. The van der Waals surface area contributed by atoms with E-state index in [1.165, 1.54) is 27.7 Å². The third-order valence-corrected chi connectivity index (χ3v) is 19.6. The molecule has 670 valence electrons. The predicted octanol–water partition coefficient (Wildman–Crippen LogP) is 6.18. The second-order valence-electron chi connectivity index (χ2n) is 29.4. The molecule has 10 rings (SSSR count). The Morgan fingerprint density at radius 1 is 0.425 bits per heavy atom. The van der Waals surface area contributed by atoms with E-state index in [2.05, 4.69) is 73.8 Å². The van der Waals surface area contributed by atoms with Gasteiger partial charge in [-0.25, -0.2) is 25.0 Å². The first-order valence-electron chi connectivity index (χ1n) is 41.3. The SMILES string of the molecule is CC(=O)NC(Cc1ccc(OCc2ccccc2)cc1)C(=O)O.CC(=O)N[C@@H](Cc1ccc(OCc2ccccc2)cc1)C(=O)N[C@H](Cc1ccccc1)C(=O)N[C@@H](CCCN/C(N)=N/[N+](=O)[O-])C(=O)N[C@@H](Cc1c[nH]c2ccccc12)C(C)=O.CC(=O)[C@H](Cc1c[nH]c2ccccc12)NC(=O)[C@H](CCCN/C(N)=N/[N+](=O)[O-])NC(=O)[C@H]([NH3+])Cc1ccccc1.[2H]CF. The molecular weight excluding hydrogens is 1640 g/mol. The molecule has 2 aromatic heterocycles. The number of hydrazone groups is 2. The minimum absolute atomic E-state index is 0.000390. The zero-order valence-corrected chi connectivity index (χ0v) is 70.7. The van der Waals surface area contributed by atoms with Crippen molar-refractivity contribution in [1.29, 1.82) is 0 Å². The summed E-state index contributed by atoms with van der Waals surface area (Å²) in [6.45, 7) is 6.43. The fourth-order valence-corrected chi connectivity index (χ4v) is 13.2. The van der Waals surface area contributed by atoms with Gasteiger partial charge in [-0.15, -0.1) is 0 Å². The van der Waals surface area contributed by atoms with Crippen molar-refractivity contribution in [3.8, 4) is 11.5 Å². The lowest BCUT2D eigenvalue weighted by molar-refractivity contribution is -0.485. The number of alkyl halides is 1. The molecule has 0 bridgehead atoms. The van der Waals surface area contributed by atoms with Crippen LogP contribution in [0.2, 0.25) is 0 Å². The van der Waals surface area contributed by atoms with E-state index in [4.69, 9.17) is 27.4 Å². The third kappa shape index (κ3) is 35.3. The minimum Gasteiger partial charge on any atom is -0.489 e. The largest absolute Gasteiger partial charge is 0.489 e. The Kier molecular flexibility index (Phi) is 40.0. The summed E-state index contributed by atoms with van der Waals surface area (Å²) in [4.78, 5) is 156. The van der Waals surface area contributed by atoms with E-state index in [-0.39, 0.29) is 87.9 Å². The number of rotatable bonds is 43. The summed E-state index contributed by atoms with van der Waals surface area (Å²) in [6.07, 6.45) is 5.42. The maximum Gasteiger partial charge on any atom is 0.326 e. The summed E-state index contributed by atoms with van der Waals surface area (Å²) in [5, 5.41) is 60.5.